The molecule has 2 aromatic rings. The molecule has 2 aliphatic rings. The van der Waals surface area contributed by atoms with Gasteiger partial charge in [0.1, 0.15) is 24.2 Å². The average Bonchev–Trinajstić information content (AvgIpc) is 3.21. The van der Waals surface area contributed by atoms with E-state index in [0.29, 0.717) is 17.9 Å². The first-order valence-corrected chi connectivity index (χ1v) is 11.3. The van der Waals surface area contributed by atoms with E-state index in [1.165, 1.54) is 23.8 Å². The number of carboxylic acids is 1. The molecule has 0 saturated carbocycles. The number of nitrogens with one attached hydrogen (secondary N) is 1. The molecule has 2 atom stereocenters. The number of amides is 2. The molecule has 1 saturated heterocycles. The maximum absolute atomic E-state index is 12.8. The molecule has 2 aliphatic heterocycles. The molecular weight excluding hydrogens is 710 g/mol. The number of hydrogen-bond donors (Lipinski definition) is 2. The number of carbonyl (C=O) groups excluding carboxylic acids is 3. The molecule has 4 rings (SSSR count). The average molecular weight is 730 g/mol. The summed E-state index contributed by atoms with van der Waals surface area (Å²) in [6, 6.07) is 4.58. The smallest absolute Gasteiger partial charge is 0.276 e. The van der Waals surface area contributed by atoms with Crippen molar-refractivity contribution in [3.05, 3.63) is 52.9 Å². The van der Waals surface area contributed by atoms with Gasteiger partial charge in [-0.05, 0) is 0 Å². The fraction of sp³-hybridized carbons (Fsp3) is 0.263. The van der Waals surface area contributed by atoms with Crippen LogP contribution in [0.1, 0.15) is 5.69 Å². The Morgan fingerprint density at radius 1 is 1.35 bits per heavy atom. The zero-order valence-corrected chi connectivity index (χ0v) is 23.9. The maximum atomic E-state index is 12.8. The number of aromatic nitrogens is 2. The van der Waals surface area contributed by atoms with E-state index in [4.69, 9.17) is 10.6 Å². The molecule has 3 N–H and O–H groups in total. The number of carboxylic acid groups (broad SMARTS) is 1. The Kier molecular flexibility index (Phi) is 10.1. The van der Waals surface area contributed by atoms with Gasteiger partial charge >= 0.3 is 0 Å². The van der Waals surface area contributed by atoms with Crippen molar-refractivity contribution in [2.24, 2.45) is 5.16 Å². The Morgan fingerprint density at radius 3 is 2.65 bits per heavy atom. The van der Waals surface area contributed by atoms with Crippen LogP contribution in [-0.4, -0.2) is 57.7 Å². The first-order chi connectivity index (χ1) is 15.4. The fourth-order valence-electron chi connectivity index (χ4n) is 3.46. The van der Waals surface area contributed by atoms with Crippen molar-refractivity contribution in [1.82, 2.24) is 15.2 Å². The molecular formula is C19H20I2N6O5S2. The summed E-state index contributed by atoms with van der Waals surface area (Å²) >= 11 is 2.49. The van der Waals surface area contributed by atoms with Gasteiger partial charge < -0.3 is 25.8 Å². The number of thiazole rings is 1. The van der Waals surface area contributed by atoms with Gasteiger partial charge in [-0.1, -0.05) is 11.2 Å². The third-order valence-electron chi connectivity index (χ3n) is 4.84. The molecule has 0 aromatic carbocycles. The van der Waals surface area contributed by atoms with Crippen molar-refractivity contribution in [3.8, 4) is 0 Å². The molecule has 0 bridgehead atoms. The molecule has 0 spiro atoms. The summed E-state index contributed by atoms with van der Waals surface area (Å²) in [5, 5.41) is 19.4. The molecule has 2 amide bonds. The molecule has 4 heterocycles. The van der Waals surface area contributed by atoms with E-state index in [9.17, 15) is 19.5 Å². The molecule has 1 fully saturated rings. The summed E-state index contributed by atoms with van der Waals surface area (Å²) in [5.41, 5.74) is 6.10. The van der Waals surface area contributed by atoms with Crippen LogP contribution < -0.4 is 20.7 Å². The minimum atomic E-state index is -1.43. The van der Waals surface area contributed by atoms with Gasteiger partial charge in [-0.2, -0.15) is 0 Å². The molecule has 15 heteroatoms. The standard InChI is InChI=1S/C19H18N6O5S2.2HI/c1-30-23-12(11-9-32-19(20)21-11)15(26)22-13-16(27)25-14(18(28)29)10(8-31-17(13)25)7-24-5-3-2-4-6-24;;/h2-6,9,13,17H,7-8H2,1H3,(H3-,20,21,22,26,28,29);2*1H/t13?,17-;;/m0../s1. The second kappa shape index (κ2) is 12.1. The summed E-state index contributed by atoms with van der Waals surface area (Å²) in [7, 11) is 1.28. The number of halogens is 2. The highest BCUT2D eigenvalue weighted by molar-refractivity contribution is 14.0. The van der Waals surface area contributed by atoms with Crippen LogP contribution in [0.3, 0.4) is 0 Å². The zero-order valence-electron chi connectivity index (χ0n) is 17.6. The first-order valence-electron chi connectivity index (χ1n) is 9.36. The number of pyridine rings is 1. The SMILES string of the molecule is CON=C(C(=O)NC1C(=O)N2C(C(=O)[O-])=C(C[n+]3ccccc3)CS[C@@H]12)c1csc(N)n1.I.I. The van der Waals surface area contributed by atoms with E-state index < -0.39 is 29.2 Å². The highest BCUT2D eigenvalue weighted by atomic mass is 127. The number of β-lactam (4-membered cyclic amide) rings is 1. The number of nitrogens with zero attached hydrogens (tertiary/aromatic N) is 4. The summed E-state index contributed by atoms with van der Waals surface area (Å²) in [6.45, 7) is 0.306. The van der Waals surface area contributed by atoms with E-state index in [1.807, 2.05) is 22.8 Å². The normalized spacial score (nSPS) is 19.3. The van der Waals surface area contributed by atoms with Gasteiger partial charge in [-0.25, -0.2) is 9.55 Å². The van der Waals surface area contributed by atoms with Crippen molar-refractivity contribution in [1.29, 1.82) is 0 Å². The Morgan fingerprint density at radius 2 is 2.06 bits per heavy atom. The van der Waals surface area contributed by atoms with E-state index in [-0.39, 0.29) is 70.2 Å². The van der Waals surface area contributed by atoms with Crippen molar-refractivity contribution in [2.45, 2.75) is 18.0 Å². The number of fused-ring (bicyclic) bond motifs is 1. The second-order valence-corrected chi connectivity index (χ2v) is 8.84. The number of oxime groups is 1. The van der Waals surface area contributed by atoms with E-state index in [2.05, 4.69) is 15.5 Å². The minimum absolute atomic E-state index is 0. The predicted octanol–water partition coefficient (Wildman–Crippen LogP) is -0.297. The van der Waals surface area contributed by atoms with Crippen LogP contribution in [0.2, 0.25) is 0 Å². The lowest BCUT2D eigenvalue weighted by molar-refractivity contribution is -0.689. The second-order valence-electron chi connectivity index (χ2n) is 6.84. The van der Waals surface area contributed by atoms with E-state index >= 15 is 0 Å². The molecule has 34 heavy (non-hydrogen) atoms. The number of rotatable bonds is 7. The van der Waals surface area contributed by atoms with Crippen LogP contribution in [0.5, 0.6) is 0 Å². The Balaban J connectivity index is 0.00000204. The van der Waals surface area contributed by atoms with E-state index in [1.54, 1.807) is 17.8 Å². The molecule has 182 valence electrons. The summed E-state index contributed by atoms with van der Waals surface area (Å²) in [5.74, 6) is -2.28. The van der Waals surface area contributed by atoms with Gasteiger partial charge in [0.25, 0.3) is 11.8 Å². The van der Waals surface area contributed by atoms with E-state index in [0.717, 1.165) is 11.3 Å². The van der Waals surface area contributed by atoms with Gasteiger partial charge in [0.15, 0.2) is 29.8 Å². The number of nitrogens with two attached hydrogens (primary N) is 1. The molecule has 1 unspecified atom stereocenters. The molecule has 0 aliphatic carbocycles. The zero-order chi connectivity index (χ0) is 22.8. The summed E-state index contributed by atoms with van der Waals surface area (Å²) < 4.78 is 1.82. The quantitative estimate of drug-likeness (QED) is 0.130. The molecule has 2 aromatic heterocycles. The van der Waals surface area contributed by atoms with Gasteiger partial charge in [-0.15, -0.1) is 71.1 Å². The lowest BCUT2D eigenvalue weighted by Crippen LogP contribution is -2.71. The third-order valence-corrected chi connectivity index (χ3v) is 6.85. The molecule has 11 nitrogen and oxygen atoms in total. The van der Waals surface area contributed by atoms with Crippen molar-refractivity contribution < 1.29 is 28.9 Å². The largest absolute Gasteiger partial charge is 0.543 e. The lowest BCUT2D eigenvalue weighted by atomic mass is 10.0. The van der Waals surface area contributed by atoms with Crippen molar-refractivity contribution in [2.75, 3.05) is 18.6 Å². The topological polar surface area (TPSA) is 154 Å². The predicted molar refractivity (Wildman–Crippen MR) is 145 cm³/mol. The van der Waals surface area contributed by atoms with Crippen LogP contribution in [0.15, 0.2) is 52.4 Å². The lowest BCUT2D eigenvalue weighted by Gasteiger charge is -2.50. The van der Waals surface area contributed by atoms with Crippen LogP contribution in [0.25, 0.3) is 0 Å². The monoisotopic (exact) mass is 730 g/mol. The highest BCUT2D eigenvalue weighted by Gasteiger charge is 2.53. The third kappa shape index (κ3) is 5.62. The highest BCUT2D eigenvalue weighted by Crippen LogP contribution is 2.40. The number of thioether (sulfide) groups is 1. The minimum Gasteiger partial charge on any atom is -0.543 e. The van der Waals surface area contributed by atoms with Gasteiger partial charge in [0.2, 0.25) is 0 Å². The van der Waals surface area contributed by atoms with Crippen LogP contribution in [0.4, 0.5) is 5.13 Å². The van der Waals surface area contributed by atoms with Gasteiger partial charge in [0.05, 0.1) is 11.7 Å². The Hall–Kier alpha value is -1.99. The van der Waals surface area contributed by atoms with Crippen LogP contribution in [0, 0.1) is 0 Å². The first kappa shape index (κ1) is 28.2. The number of nitrogen functional groups attached to an aromatic ring is 1. The van der Waals surface area contributed by atoms with Crippen molar-refractivity contribution >= 4 is 99.7 Å². The Labute approximate surface area is 236 Å². The Bertz CT molecular complexity index is 1140. The number of anilines is 1. The molecule has 0 radical (unpaired) electrons. The van der Waals surface area contributed by atoms with Crippen LogP contribution in [-0.2, 0) is 25.8 Å². The van der Waals surface area contributed by atoms with Gasteiger partial charge in [-0.3, -0.25) is 14.5 Å². The summed E-state index contributed by atoms with van der Waals surface area (Å²) in [4.78, 5) is 47.4. The van der Waals surface area contributed by atoms with Crippen LogP contribution >= 0.6 is 71.1 Å². The van der Waals surface area contributed by atoms with Gasteiger partial charge in [0, 0.05) is 28.8 Å². The number of hydrogen-bond acceptors (Lipinski definition) is 10. The number of aliphatic carboxylic acids is 1. The fourth-order valence-corrected chi connectivity index (χ4v) is 5.34. The summed E-state index contributed by atoms with van der Waals surface area (Å²) in [6.07, 6.45) is 3.61. The van der Waals surface area contributed by atoms with Crippen molar-refractivity contribution in [3.63, 3.8) is 0 Å². The number of carbonyl (C=O) groups is 3. The maximum Gasteiger partial charge on any atom is 0.276 e.